The molecular weight excluding hydrogens is 432 g/mol. The maximum absolute atomic E-state index is 13.9. The fourth-order valence-electron chi connectivity index (χ4n) is 3.13. The molecule has 1 aromatic carbocycles. The molecule has 0 unspecified atom stereocenters. The fourth-order valence-corrected chi connectivity index (χ4v) is 3.85. The predicted octanol–water partition coefficient (Wildman–Crippen LogP) is 4.12. The number of benzene rings is 1. The lowest BCUT2D eigenvalue weighted by atomic mass is 10.1. The van der Waals surface area contributed by atoms with E-state index < -0.39 is 11.6 Å². The summed E-state index contributed by atoms with van der Waals surface area (Å²) in [6.07, 6.45) is 3.23. The van der Waals surface area contributed by atoms with Crippen LogP contribution in [0.2, 0.25) is 0 Å². The summed E-state index contributed by atoms with van der Waals surface area (Å²) in [7, 11) is 0. The van der Waals surface area contributed by atoms with Gasteiger partial charge in [0.15, 0.2) is 0 Å². The molecule has 2 aromatic heterocycles. The Bertz CT molecular complexity index is 1190. The van der Waals surface area contributed by atoms with E-state index in [1.165, 1.54) is 12.1 Å². The Labute approximate surface area is 189 Å². The minimum absolute atomic E-state index is 0.287. The monoisotopic (exact) mass is 453 g/mol. The van der Waals surface area contributed by atoms with Crippen LogP contribution in [0.25, 0.3) is 0 Å². The first-order chi connectivity index (χ1) is 15.5. The summed E-state index contributed by atoms with van der Waals surface area (Å²) < 4.78 is 35.5. The van der Waals surface area contributed by atoms with E-state index in [4.69, 9.17) is 4.74 Å². The molecule has 0 bridgehead atoms. The molecule has 1 aliphatic rings. The summed E-state index contributed by atoms with van der Waals surface area (Å²) in [4.78, 5) is 15.6. The average molecular weight is 454 g/mol. The Morgan fingerprint density at radius 1 is 1.03 bits per heavy atom. The number of ether oxygens (including phenoxy) is 1. The van der Waals surface area contributed by atoms with Crippen molar-refractivity contribution in [2.75, 3.05) is 35.9 Å². The summed E-state index contributed by atoms with van der Waals surface area (Å²) in [5.74, 6) is 5.90. The van der Waals surface area contributed by atoms with Gasteiger partial charge in [0.05, 0.1) is 40.7 Å². The largest absolute Gasteiger partial charge is 0.378 e. The van der Waals surface area contributed by atoms with Crippen molar-refractivity contribution in [3.05, 3.63) is 70.9 Å². The van der Waals surface area contributed by atoms with Crippen LogP contribution in [0.5, 0.6) is 0 Å². The number of morpholine rings is 1. The number of aromatic nitrogens is 3. The molecule has 1 saturated heterocycles. The molecule has 0 atom stereocenters. The van der Waals surface area contributed by atoms with Gasteiger partial charge in [-0.3, -0.25) is 4.98 Å². The molecule has 0 saturated carbocycles. The fraction of sp³-hybridized carbons (Fsp3) is 0.261. The Balaban J connectivity index is 1.57. The van der Waals surface area contributed by atoms with Crippen LogP contribution in [0.3, 0.4) is 0 Å². The first kappa shape index (κ1) is 22.0. The highest BCUT2D eigenvalue weighted by molar-refractivity contribution is 8.00. The molecule has 0 radical (unpaired) electrons. The average Bonchev–Trinajstić information content (AvgIpc) is 2.79. The Hall–Kier alpha value is -3.22. The van der Waals surface area contributed by atoms with Gasteiger partial charge < -0.3 is 14.4 Å². The van der Waals surface area contributed by atoms with E-state index in [1.807, 2.05) is 19.9 Å². The smallest absolute Gasteiger partial charge is 0.148 e. The summed E-state index contributed by atoms with van der Waals surface area (Å²) in [5.41, 5.74) is 3.69. The molecule has 0 amide bonds. The quantitative estimate of drug-likeness (QED) is 0.471. The second kappa shape index (κ2) is 9.94. The first-order valence-electron chi connectivity index (χ1n) is 10.0. The van der Waals surface area contributed by atoms with E-state index in [-0.39, 0.29) is 4.90 Å². The van der Waals surface area contributed by atoms with Crippen LogP contribution in [-0.2, 0) is 4.74 Å². The number of rotatable bonds is 4. The third-order valence-electron chi connectivity index (χ3n) is 4.91. The van der Waals surface area contributed by atoms with Crippen molar-refractivity contribution in [1.82, 2.24) is 15.0 Å². The molecule has 3 heterocycles. The molecule has 4 rings (SSSR count). The number of aryl methyl sites for hydroxylation is 2. The molecule has 32 heavy (non-hydrogen) atoms. The summed E-state index contributed by atoms with van der Waals surface area (Å²) in [6.45, 7) is 6.56. The second-order valence-corrected chi connectivity index (χ2v) is 7.99. The molecule has 1 aliphatic heterocycles. The standard InChI is InChI=1S/C23H21F2N5OS/c1-15-19(23(28-14-27-15)30-7-9-31-10-8-30)5-3-17-11-21(16(2)26-13-17)29-32-22-6-4-18(24)12-20(22)25/h4,6,11-14,29H,7-10H2,1-2H3. The van der Waals surface area contributed by atoms with Crippen molar-refractivity contribution < 1.29 is 13.5 Å². The molecule has 3 aromatic rings. The number of anilines is 2. The summed E-state index contributed by atoms with van der Waals surface area (Å²) in [6, 6.07) is 5.31. The molecule has 0 spiro atoms. The molecule has 6 nitrogen and oxygen atoms in total. The number of hydrogen-bond acceptors (Lipinski definition) is 7. The first-order valence-corrected chi connectivity index (χ1v) is 10.8. The van der Waals surface area contributed by atoms with Gasteiger partial charge in [0.25, 0.3) is 0 Å². The van der Waals surface area contributed by atoms with E-state index in [1.54, 1.807) is 12.5 Å². The van der Waals surface area contributed by atoms with E-state index >= 15 is 0 Å². The third-order valence-corrected chi connectivity index (χ3v) is 5.78. The zero-order chi connectivity index (χ0) is 22.5. The highest BCUT2D eigenvalue weighted by Crippen LogP contribution is 2.26. The maximum atomic E-state index is 13.9. The van der Waals surface area contributed by atoms with E-state index in [0.717, 1.165) is 53.9 Å². The van der Waals surface area contributed by atoms with Gasteiger partial charge >= 0.3 is 0 Å². The van der Waals surface area contributed by atoms with Crippen molar-refractivity contribution >= 4 is 23.5 Å². The van der Waals surface area contributed by atoms with Crippen LogP contribution >= 0.6 is 11.9 Å². The third kappa shape index (κ3) is 5.15. The van der Waals surface area contributed by atoms with Gasteiger partial charge in [-0.15, -0.1) is 0 Å². The zero-order valence-electron chi connectivity index (χ0n) is 17.7. The normalized spacial score (nSPS) is 13.4. The van der Waals surface area contributed by atoms with Crippen molar-refractivity contribution in [1.29, 1.82) is 0 Å². The molecule has 164 valence electrons. The van der Waals surface area contributed by atoms with Gasteiger partial charge in [0.2, 0.25) is 0 Å². The number of pyridine rings is 1. The molecule has 1 fully saturated rings. The van der Waals surface area contributed by atoms with Crippen LogP contribution in [0.4, 0.5) is 20.3 Å². The van der Waals surface area contributed by atoms with E-state index in [0.29, 0.717) is 24.5 Å². The SMILES string of the molecule is Cc1ncc(C#Cc2c(C)ncnc2N2CCOCC2)cc1NSc1ccc(F)cc1F. The maximum Gasteiger partial charge on any atom is 0.148 e. The summed E-state index contributed by atoms with van der Waals surface area (Å²) >= 11 is 1.05. The van der Waals surface area contributed by atoms with Crippen molar-refractivity contribution in [2.24, 2.45) is 0 Å². The second-order valence-electron chi connectivity index (χ2n) is 7.14. The highest BCUT2D eigenvalue weighted by Gasteiger charge is 2.17. The van der Waals surface area contributed by atoms with Crippen LogP contribution < -0.4 is 9.62 Å². The van der Waals surface area contributed by atoms with Gasteiger partial charge in [0, 0.05) is 30.9 Å². The minimum atomic E-state index is -0.626. The van der Waals surface area contributed by atoms with E-state index in [9.17, 15) is 8.78 Å². The summed E-state index contributed by atoms with van der Waals surface area (Å²) in [5, 5.41) is 0. The molecule has 0 aliphatic carbocycles. The van der Waals surface area contributed by atoms with Crippen LogP contribution in [0.15, 0.2) is 41.7 Å². The number of nitrogens with one attached hydrogen (secondary N) is 1. The van der Waals surface area contributed by atoms with Gasteiger partial charge in [-0.05, 0) is 44.0 Å². The number of halogens is 2. The van der Waals surface area contributed by atoms with Crippen LogP contribution in [-0.4, -0.2) is 41.3 Å². The number of hydrogen-bond donors (Lipinski definition) is 1. The molecule has 1 N–H and O–H groups in total. The lowest BCUT2D eigenvalue weighted by Crippen LogP contribution is -2.37. The van der Waals surface area contributed by atoms with Crippen LogP contribution in [0, 0.1) is 37.3 Å². The van der Waals surface area contributed by atoms with Crippen molar-refractivity contribution in [3.8, 4) is 11.8 Å². The Kier molecular flexibility index (Phi) is 6.83. The predicted molar refractivity (Wildman–Crippen MR) is 121 cm³/mol. The zero-order valence-corrected chi connectivity index (χ0v) is 18.5. The van der Waals surface area contributed by atoms with Crippen molar-refractivity contribution in [2.45, 2.75) is 18.7 Å². The topological polar surface area (TPSA) is 63.2 Å². The van der Waals surface area contributed by atoms with Gasteiger partial charge in [-0.1, -0.05) is 11.8 Å². The molecular formula is C23H21F2N5OS. The van der Waals surface area contributed by atoms with Gasteiger partial charge in [-0.25, -0.2) is 18.7 Å². The van der Waals surface area contributed by atoms with E-state index in [2.05, 4.69) is 36.4 Å². The Morgan fingerprint density at radius 2 is 1.84 bits per heavy atom. The lowest BCUT2D eigenvalue weighted by molar-refractivity contribution is 0.122. The highest BCUT2D eigenvalue weighted by atomic mass is 32.2. The van der Waals surface area contributed by atoms with Crippen LogP contribution in [0.1, 0.15) is 22.5 Å². The van der Waals surface area contributed by atoms with Crippen molar-refractivity contribution in [3.63, 3.8) is 0 Å². The number of nitrogens with zero attached hydrogens (tertiary/aromatic N) is 4. The van der Waals surface area contributed by atoms with Gasteiger partial charge in [0.1, 0.15) is 23.8 Å². The van der Waals surface area contributed by atoms with Gasteiger partial charge in [-0.2, -0.15) is 0 Å². The Morgan fingerprint density at radius 3 is 2.62 bits per heavy atom. The minimum Gasteiger partial charge on any atom is -0.378 e. The lowest BCUT2D eigenvalue weighted by Gasteiger charge is -2.28. The molecule has 9 heteroatoms.